The maximum atomic E-state index is 10.9. The molecule has 0 fully saturated rings. The van der Waals surface area contributed by atoms with Gasteiger partial charge in [-0.1, -0.05) is 13.3 Å². The van der Waals surface area contributed by atoms with Crippen LogP contribution >= 0.6 is 0 Å². The first-order valence-electron chi connectivity index (χ1n) is 5.76. The predicted molar refractivity (Wildman–Crippen MR) is 61.7 cm³/mol. The largest absolute Gasteiger partial charge is 0.396 e. The van der Waals surface area contributed by atoms with Crippen LogP contribution in [0.25, 0.3) is 0 Å². The molecule has 0 bridgehead atoms. The third kappa shape index (κ3) is 8.39. The molecular formula is C11H24N2O2. The summed E-state index contributed by atoms with van der Waals surface area (Å²) in [7, 11) is 1.65. The standard InChI is InChI=1S/C11H24N2O2/c1-3-4-10(6-8-14)9-13-7-5-11(15)12-2/h10,13-14H,3-9H2,1-2H3,(H,12,15). The number of amides is 1. The zero-order valence-corrected chi connectivity index (χ0v) is 9.88. The highest BCUT2D eigenvalue weighted by atomic mass is 16.3. The van der Waals surface area contributed by atoms with Crippen LogP contribution in [0.4, 0.5) is 0 Å². The summed E-state index contributed by atoms with van der Waals surface area (Å²) in [6.07, 6.45) is 3.64. The normalized spacial score (nSPS) is 12.5. The fourth-order valence-electron chi connectivity index (χ4n) is 1.57. The third-order valence-electron chi connectivity index (χ3n) is 2.47. The number of hydrogen-bond acceptors (Lipinski definition) is 3. The summed E-state index contributed by atoms with van der Waals surface area (Å²) >= 11 is 0. The number of rotatable bonds is 9. The molecule has 1 amide bonds. The van der Waals surface area contributed by atoms with Gasteiger partial charge in [0, 0.05) is 26.6 Å². The predicted octanol–water partition coefficient (Wildman–Crippen LogP) is 0.511. The van der Waals surface area contributed by atoms with Gasteiger partial charge < -0.3 is 15.7 Å². The molecule has 0 radical (unpaired) electrons. The van der Waals surface area contributed by atoms with Gasteiger partial charge in [-0.2, -0.15) is 0 Å². The minimum absolute atomic E-state index is 0.0664. The van der Waals surface area contributed by atoms with Gasteiger partial charge in [0.2, 0.25) is 5.91 Å². The molecule has 0 aliphatic heterocycles. The smallest absolute Gasteiger partial charge is 0.221 e. The summed E-state index contributed by atoms with van der Waals surface area (Å²) in [6.45, 7) is 4.01. The Hall–Kier alpha value is -0.610. The molecule has 90 valence electrons. The highest BCUT2D eigenvalue weighted by Crippen LogP contribution is 2.08. The molecule has 0 heterocycles. The van der Waals surface area contributed by atoms with Gasteiger partial charge in [-0.25, -0.2) is 0 Å². The Labute approximate surface area is 92.4 Å². The van der Waals surface area contributed by atoms with Gasteiger partial charge in [0.25, 0.3) is 0 Å². The van der Waals surface area contributed by atoms with Gasteiger partial charge in [-0.3, -0.25) is 4.79 Å². The minimum atomic E-state index is 0.0664. The fourth-order valence-corrected chi connectivity index (χ4v) is 1.57. The van der Waals surface area contributed by atoms with E-state index in [9.17, 15) is 4.79 Å². The lowest BCUT2D eigenvalue weighted by Gasteiger charge is -2.15. The fraction of sp³-hybridized carbons (Fsp3) is 0.909. The van der Waals surface area contributed by atoms with Crippen molar-refractivity contribution in [2.45, 2.75) is 32.6 Å². The van der Waals surface area contributed by atoms with Crippen LogP contribution in [-0.2, 0) is 4.79 Å². The van der Waals surface area contributed by atoms with Gasteiger partial charge in [-0.05, 0) is 25.3 Å². The first-order chi connectivity index (χ1) is 7.24. The first kappa shape index (κ1) is 14.4. The molecule has 0 aromatic heterocycles. The van der Waals surface area contributed by atoms with Crippen molar-refractivity contribution in [3.05, 3.63) is 0 Å². The summed E-state index contributed by atoms with van der Waals surface area (Å²) < 4.78 is 0. The lowest BCUT2D eigenvalue weighted by molar-refractivity contribution is -0.120. The molecule has 0 spiro atoms. The van der Waals surface area contributed by atoms with Crippen molar-refractivity contribution in [2.24, 2.45) is 5.92 Å². The molecule has 4 nitrogen and oxygen atoms in total. The lowest BCUT2D eigenvalue weighted by Crippen LogP contribution is -2.28. The van der Waals surface area contributed by atoms with E-state index in [4.69, 9.17) is 5.11 Å². The molecule has 0 aliphatic rings. The second kappa shape index (κ2) is 9.93. The van der Waals surface area contributed by atoms with Crippen LogP contribution in [0.1, 0.15) is 32.6 Å². The highest BCUT2D eigenvalue weighted by molar-refractivity contribution is 5.75. The summed E-state index contributed by atoms with van der Waals surface area (Å²) in [5, 5.41) is 14.7. The molecule has 0 aromatic rings. The van der Waals surface area contributed by atoms with Crippen molar-refractivity contribution in [2.75, 3.05) is 26.7 Å². The number of hydrogen-bond donors (Lipinski definition) is 3. The average molecular weight is 216 g/mol. The summed E-state index contributed by atoms with van der Waals surface area (Å²) in [4.78, 5) is 10.9. The van der Waals surface area contributed by atoms with E-state index in [1.54, 1.807) is 7.05 Å². The van der Waals surface area contributed by atoms with Crippen molar-refractivity contribution < 1.29 is 9.90 Å². The van der Waals surface area contributed by atoms with E-state index in [2.05, 4.69) is 17.6 Å². The first-order valence-corrected chi connectivity index (χ1v) is 5.76. The van der Waals surface area contributed by atoms with Crippen LogP contribution in [0.15, 0.2) is 0 Å². The van der Waals surface area contributed by atoms with E-state index in [0.717, 1.165) is 25.8 Å². The Morgan fingerprint density at radius 3 is 2.67 bits per heavy atom. The number of carbonyl (C=O) groups is 1. The Morgan fingerprint density at radius 2 is 2.13 bits per heavy atom. The van der Waals surface area contributed by atoms with E-state index in [1.165, 1.54) is 0 Å². The summed E-state index contributed by atoms with van der Waals surface area (Å²) in [5.74, 6) is 0.599. The Balaban J connectivity index is 3.48. The van der Waals surface area contributed by atoms with Crippen molar-refractivity contribution in [1.29, 1.82) is 0 Å². The zero-order valence-electron chi connectivity index (χ0n) is 9.88. The van der Waals surface area contributed by atoms with E-state index < -0.39 is 0 Å². The number of aliphatic hydroxyl groups excluding tert-OH is 1. The van der Waals surface area contributed by atoms with Gasteiger partial charge in [0.05, 0.1) is 0 Å². The quantitative estimate of drug-likeness (QED) is 0.492. The molecule has 0 saturated carbocycles. The molecule has 3 N–H and O–H groups in total. The molecule has 0 aliphatic carbocycles. The van der Waals surface area contributed by atoms with Gasteiger partial charge in [-0.15, -0.1) is 0 Å². The topological polar surface area (TPSA) is 61.4 Å². The molecule has 0 saturated heterocycles. The molecule has 1 unspecified atom stereocenters. The molecule has 0 rings (SSSR count). The van der Waals surface area contributed by atoms with Crippen LogP contribution in [0, 0.1) is 5.92 Å². The molecule has 15 heavy (non-hydrogen) atoms. The van der Waals surface area contributed by atoms with Crippen LogP contribution < -0.4 is 10.6 Å². The maximum Gasteiger partial charge on any atom is 0.221 e. The van der Waals surface area contributed by atoms with Crippen LogP contribution in [0.2, 0.25) is 0 Å². The zero-order chi connectivity index (χ0) is 11.5. The SMILES string of the molecule is CCCC(CCO)CNCCC(=O)NC. The monoisotopic (exact) mass is 216 g/mol. The maximum absolute atomic E-state index is 10.9. The highest BCUT2D eigenvalue weighted by Gasteiger charge is 2.06. The van der Waals surface area contributed by atoms with Crippen LogP contribution in [0.5, 0.6) is 0 Å². The Morgan fingerprint density at radius 1 is 1.40 bits per heavy atom. The van der Waals surface area contributed by atoms with Crippen molar-refractivity contribution in [3.63, 3.8) is 0 Å². The third-order valence-corrected chi connectivity index (χ3v) is 2.47. The van der Waals surface area contributed by atoms with Crippen LogP contribution in [-0.4, -0.2) is 37.8 Å². The van der Waals surface area contributed by atoms with Crippen molar-refractivity contribution in [3.8, 4) is 0 Å². The molecule has 0 aromatic carbocycles. The van der Waals surface area contributed by atoms with Crippen molar-refractivity contribution in [1.82, 2.24) is 10.6 Å². The average Bonchev–Trinajstić information content (AvgIpc) is 2.24. The second-order valence-electron chi connectivity index (χ2n) is 3.79. The van der Waals surface area contributed by atoms with Gasteiger partial charge in [0.1, 0.15) is 0 Å². The van der Waals surface area contributed by atoms with E-state index in [-0.39, 0.29) is 12.5 Å². The van der Waals surface area contributed by atoms with E-state index in [0.29, 0.717) is 18.9 Å². The van der Waals surface area contributed by atoms with Crippen LogP contribution in [0.3, 0.4) is 0 Å². The summed E-state index contributed by atoms with van der Waals surface area (Å²) in [5.41, 5.74) is 0. The van der Waals surface area contributed by atoms with E-state index in [1.807, 2.05) is 0 Å². The number of nitrogens with one attached hydrogen (secondary N) is 2. The Kier molecular flexibility index (Phi) is 9.52. The van der Waals surface area contributed by atoms with E-state index >= 15 is 0 Å². The van der Waals surface area contributed by atoms with Crippen molar-refractivity contribution >= 4 is 5.91 Å². The number of carbonyl (C=O) groups excluding carboxylic acids is 1. The number of aliphatic hydroxyl groups is 1. The van der Waals surface area contributed by atoms with Gasteiger partial charge >= 0.3 is 0 Å². The minimum Gasteiger partial charge on any atom is -0.396 e. The lowest BCUT2D eigenvalue weighted by atomic mass is 10.0. The Bertz CT molecular complexity index is 157. The molecular weight excluding hydrogens is 192 g/mol. The second-order valence-corrected chi connectivity index (χ2v) is 3.79. The molecule has 4 heteroatoms. The summed E-state index contributed by atoms with van der Waals surface area (Å²) in [6, 6.07) is 0. The van der Waals surface area contributed by atoms with Gasteiger partial charge in [0.15, 0.2) is 0 Å². The molecule has 1 atom stereocenters.